The van der Waals surface area contributed by atoms with Crippen molar-refractivity contribution < 1.29 is 8.42 Å². The van der Waals surface area contributed by atoms with Gasteiger partial charge in [-0.3, -0.25) is 0 Å². The normalized spacial score (nSPS) is 15.4. The van der Waals surface area contributed by atoms with E-state index in [9.17, 15) is 8.42 Å². The van der Waals surface area contributed by atoms with Crippen molar-refractivity contribution in [2.24, 2.45) is 0 Å². The molecule has 9 heteroatoms. The number of piperazine rings is 1. The van der Waals surface area contributed by atoms with Crippen molar-refractivity contribution in [2.45, 2.75) is 46.4 Å². The van der Waals surface area contributed by atoms with Gasteiger partial charge in [-0.25, -0.2) is 23.1 Å². The molecule has 0 saturated carbocycles. The van der Waals surface area contributed by atoms with Gasteiger partial charge in [0.05, 0.1) is 10.6 Å². The van der Waals surface area contributed by atoms with E-state index < -0.39 is 10.0 Å². The molecule has 1 aliphatic heterocycles. The van der Waals surface area contributed by atoms with Crippen molar-refractivity contribution in [3.8, 4) is 5.82 Å². The molecule has 32 heavy (non-hydrogen) atoms. The summed E-state index contributed by atoms with van der Waals surface area (Å²) in [6.07, 6.45) is 0. The molecule has 0 amide bonds. The van der Waals surface area contributed by atoms with Crippen molar-refractivity contribution >= 4 is 15.8 Å². The molecule has 170 valence electrons. The Kier molecular flexibility index (Phi) is 5.81. The van der Waals surface area contributed by atoms with Crippen molar-refractivity contribution in [1.29, 1.82) is 0 Å². The zero-order chi connectivity index (χ0) is 23.2. The number of nitrogens with zero attached hydrogens (tertiary/aromatic N) is 6. The lowest BCUT2D eigenvalue weighted by Gasteiger charge is -2.35. The Hall–Kier alpha value is -2.78. The Morgan fingerprint density at radius 3 is 1.94 bits per heavy atom. The van der Waals surface area contributed by atoms with Gasteiger partial charge in [0.25, 0.3) is 0 Å². The second kappa shape index (κ2) is 8.29. The van der Waals surface area contributed by atoms with E-state index in [2.05, 4.69) is 20.0 Å². The van der Waals surface area contributed by atoms with E-state index >= 15 is 0 Å². The van der Waals surface area contributed by atoms with Gasteiger partial charge < -0.3 is 4.90 Å². The molecule has 1 aliphatic rings. The van der Waals surface area contributed by atoms with Crippen LogP contribution in [-0.2, 0) is 10.0 Å². The minimum absolute atomic E-state index is 0.410. The Bertz CT molecular complexity index is 1250. The molecule has 2 aromatic heterocycles. The van der Waals surface area contributed by atoms with Gasteiger partial charge >= 0.3 is 0 Å². The fourth-order valence-electron chi connectivity index (χ4n) is 4.53. The monoisotopic (exact) mass is 454 g/mol. The SMILES string of the molecule is Cc1cc(C)c(S(=O)(=O)N2CCN(c3cc(-n4nc(C)cc4C)nc(C)n3)CC2)c(C)c1. The van der Waals surface area contributed by atoms with Crippen LogP contribution in [0.25, 0.3) is 5.82 Å². The maximum absolute atomic E-state index is 13.4. The highest BCUT2D eigenvalue weighted by Gasteiger charge is 2.31. The van der Waals surface area contributed by atoms with Crippen LogP contribution in [0.1, 0.15) is 33.9 Å². The molecule has 0 atom stereocenters. The van der Waals surface area contributed by atoms with Gasteiger partial charge in [0, 0.05) is 37.9 Å². The molecule has 0 bridgehead atoms. The molecule has 0 N–H and O–H groups in total. The molecular weight excluding hydrogens is 424 g/mol. The molecule has 0 spiro atoms. The number of rotatable bonds is 4. The standard InChI is InChI=1S/C23H30N6O2S/c1-15-11-16(2)23(17(3)12-15)32(30,31)28-9-7-27(8-10-28)21-14-22(25-20(6)24-21)29-19(5)13-18(4)26-29/h11-14H,7-10H2,1-6H3. The lowest BCUT2D eigenvalue weighted by Crippen LogP contribution is -2.49. The number of hydrogen-bond donors (Lipinski definition) is 0. The quantitative estimate of drug-likeness (QED) is 0.603. The van der Waals surface area contributed by atoms with Gasteiger partial charge in [0.2, 0.25) is 10.0 Å². The van der Waals surface area contributed by atoms with Crippen LogP contribution in [0.3, 0.4) is 0 Å². The highest BCUT2D eigenvalue weighted by molar-refractivity contribution is 7.89. The summed E-state index contributed by atoms with van der Waals surface area (Å²) >= 11 is 0. The van der Waals surface area contributed by atoms with Gasteiger partial charge in [-0.2, -0.15) is 9.40 Å². The van der Waals surface area contributed by atoms with E-state index in [0.29, 0.717) is 36.9 Å². The van der Waals surface area contributed by atoms with Crippen LogP contribution in [0.5, 0.6) is 0 Å². The van der Waals surface area contributed by atoms with Crippen LogP contribution in [0.4, 0.5) is 5.82 Å². The lowest BCUT2D eigenvalue weighted by atomic mass is 10.1. The van der Waals surface area contributed by atoms with Gasteiger partial charge in [-0.05, 0) is 58.7 Å². The second-order valence-corrected chi connectivity index (χ2v) is 10.5. The third kappa shape index (κ3) is 4.14. The van der Waals surface area contributed by atoms with E-state index in [0.717, 1.165) is 39.7 Å². The summed E-state index contributed by atoms with van der Waals surface area (Å²) < 4.78 is 30.2. The zero-order valence-corrected chi connectivity index (χ0v) is 20.4. The first-order chi connectivity index (χ1) is 15.1. The first-order valence-electron chi connectivity index (χ1n) is 10.8. The van der Waals surface area contributed by atoms with Gasteiger partial charge in [0.15, 0.2) is 5.82 Å². The fraction of sp³-hybridized carbons (Fsp3) is 0.435. The molecule has 1 saturated heterocycles. The summed E-state index contributed by atoms with van der Waals surface area (Å²) in [5.74, 6) is 2.17. The largest absolute Gasteiger partial charge is 0.354 e. The second-order valence-electron chi connectivity index (χ2n) is 8.59. The minimum atomic E-state index is -3.55. The van der Waals surface area contributed by atoms with Gasteiger partial charge in [-0.15, -0.1) is 0 Å². The first-order valence-corrected chi connectivity index (χ1v) is 12.2. The maximum atomic E-state index is 13.4. The molecule has 4 rings (SSSR count). The summed E-state index contributed by atoms with van der Waals surface area (Å²) in [7, 11) is -3.55. The molecule has 3 heterocycles. The minimum Gasteiger partial charge on any atom is -0.354 e. The first kappa shape index (κ1) is 22.4. The third-order valence-electron chi connectivity index (χ3n) is 5.80. The maximum Gasteiger partial charge on any atom is 0.243 e. The van der Waals surface area contributed by atoms with Crippen LogP contribution in [0.2, 0.25) is 0 Å². The molecule has 3 aromatic rings. The van der Waals surface area contributed by atoms with Gasteiger partial charge in [0.1, 0.15) is 11.6 Å². The highest BCUT2D eigenvalue weighted by Crippen LogP contribution is 2.27. The molecule has 1 aromatic carbocycles. The van der Waals surface area contributed by atoms with Crippen LogP contribution in [0.15, 0.2) is 29.2 Å². The molecule has 0 radical (unpaired) electrons. The van der Waals surface area contributed by atoms with E-state index in [1.807, 2.05) is 70.5 Å². The summed E-state index contributed by atoms with van der Waals surface area (Å²) in [6.45, 7) is 13.5. The van der Waals surface area contributed by atoms with Crippen LogP contribution < -0.4 is 4.90 Å². The lowest BCUT2D eigenvalue weighted by molar-refractivity contribution is 0.383. The topological polar surface area (TPSA) is 84.2 Å². The van der Waals surface area contributed by atoms with Crippen LogP contribution >= 0.6 is 0 Å². The fourth-order valence-corrected chi connectivity index (χ4v) is 6.36. The summed E-state index contributed by atoms with van der Waals surface area (Å²) in [5, 5.41) is 4.53. The van der Waals surface area contributed by atoms with Crippen molar-refractivity contribution in [2.75, 3.05) is 31.1 Å². The predicted molar refractivity (Wildman–Crippen MR) is 125 cm³/mol. The molecule has 8 nitrogen and oxygen atoms in total. The Balaban J connectivity index is 1.56. The smallest absolute Gasteiger partial charge is 0.243 e. The van der Waals surface area contributed by atoms with E-state index in [1.165, 1.54) is 0 Å². The summed E-state index contributed by atoms with van der Waals surface area (Å²) in [4.78, 5) is 11.7. The van der Waals surface area contributed by atoms with Crippen LogP contribution in [-0.4, -0.2) is 58.7 Å². The van der Waals surface area contributed by atoms with Crippen LogP contribution in [0, 0.1) is 41.5 Å². The molecule has 0 unspecified atom stereocenters. The number of aromatic nitrogens is 4. The van der Waals surface area contributed by atoms with E-state index in [-0.39, 0.29) is 0 Å². The number of sulfonamides is 1. The number of benzene rings is 1. The predicted octanol–water partition coefficient (Wildman–Crippen LogP) is 3.02. The van der Waals surface area contributed by atoms with Crippen molar-refractivity contribution in [3.05, 3.63) is 58.2 Å². The summed E-state index contributed by atoms with van der Waals surface area (Å²) in [6, 6.07) is 7.79. The van der Waals surface area contributed by atoms with E-state index in [4.69, 9.17) is 0 Å². The highest BCUT2D eigenvalue weighted by atomic mass is 32.2. The van der Waals surface area contributed by atoms with Crippen molar-refractivity contribution in [3.63, 3.8) is 0 Å². The molecule has 1 fully saturated rings. The number of hydrogen-bond acceptors (Lipinski definition) is 6. The third-order valence-corrected chi connectivity index (χ3v) is 8.01. The van der Waals surface area contributed by atoms with Crippen molar-refractivity contribution in [1.82, 2.24) is 24.1 Å². The zero-order valence-electron chi connectivity index (χ0n) is 19.5. The van der Waals surface area contributed by atoms with Gasteiger partial charge in [-0.1, -0.05) is 17.7 Å². The summed E-state index contributed by atoms with van der Waals surface area (Å²) in [5.41, 5.74) is 4.60. The molecular formula is C23H30N6O2S. The average Bonchev–Trinajstić information content (AvgIpc) is 3.04. The number of anilines is 1. The Morgan fingerprint density at radius 1 is 0.781 bits per heavy atom. The van der Waals surface area contributed by atoms with E-state index in [1.54, 1.807) is 4.31 Å². The average molecular weight is 455 g/mol. The Morgan fingerprint density at radius 2 is 1.38 bits per heavy atom. The number of aryl methyl sites for hydroxylation is 6. The molecule has 0 aliphatic carbocycles. The Labute approximate surface area is 190 Å².